The molecule has 104 valence electrons. The van der Waals surface area contributed by atoms with Crippen LogP contribution in [0, 0.1) is 6.92 Å². The van der Waals surface area contributed by atoms with Crippen LogP contribution in [0.2, 0.25) is 0 Å². The minimum absolute atomic E-state index is 0.00121. The quantitative estimate of drug-likeness (QED) is 0.847. The van der Waals surface area contributed by atoms with Crippen molar-refractivity contribution in [2.45, 2.75) is 31.8 Å². The van der Waals surface area contributed by atoms with Gasteiger partial charge in [-0.15, -0.1) is 11.3 Å². The predicted molar refractivity (Wildman–Crippen MR) is 73.2 cm³/mol. The van der Waals surface area contributed by atoms with E-state index >= 15 is 0 Å². The standard InChI is InChI=1S/C10H15N5O2S2/c1-3-15-5-9(10(11)14-15)19(16,17)12-4-8-6-18-7(2)13-8/h5-6,12H,3-4H2,1-2H3,(H2,11,14). The van der Waals surface area contributed by atoms with Gasteiger partial charge in [0.05, 0.1) is 17.2 Å². The van der Waals surface area contributed by atoms with Crippen LogP contribution >= 0.6 is 11.3 Å². The van der Waals surface area contributed by atoms with Crippen LogP contribution in [0.25, 0.3) is 0 Å². The van der Waals surface area contributed by atoms with Crippen molar-refractivity contribution in [3.63, 3.8) is 0 Å². The Morgan fingerprint density at radius 1 is 1.53 bits per heavy atom. The Morgan fingerprint density at radius 2 is 2.26 bits per heavy atom. The fourth-order valence-electron chi connectivity index (χ4n) is 1.52. The average Bonchev–Trinajstić information content (AvgIpc) is 2.93. The number of anilines is 1. The first kappa shape index (κ1) is 14.0. The van der Waals surface area contributed by atoms with Gasteiger partial charge in [-0.1, -0.05) is 0 Å². The maximum atomic E-state index is 12.1. The third kappa shape index (κ3) is 3.11. The first-order chi connectivity index (χ1) is 8.92. The molecule has 0 unspecified atom stereocenters. The SMILES string of the molecule is CCn1cc(S(=O)(=O)NCc2csc(C)n2)c(N)n1. The monoisotopic (exact) mass is 301 g/mol. The van der Waals surface area contributed by atoms with Crippen LogP contribution in [0.5, 0.6) is 0 Å². The van der Waals surface area contributed by atoms with Crippen LogP contribution in [-0.2, 0) is 23.1 Å². The van der Waals surface area contributed by atoms with Crippen molar-refractivity contribution in [3.05, 3.63) is 22.3 Å². The van der Waals surface area contributed by atoms with Crippen LogP contribution < -0.4 is 10.5 Å². The highest BCUT2D eigenvalue weighted by Crippen LogP contribution is 2.16. The minimum atomic E-state index is -3.66. The van der Waals surface area contributed by atoms with Gasteiger partial charge in [-0.25, -0.2) is 18.1 Å². The van der Waals surface area contributed by atoms with Gasteiger partial charge in [-0.2, -0.15) is 5.10 Å². The number of aryl methyl sites for hydroxylation is 2. The molecule has 2 aromatic heterocycles. The van der Waals surface area contributed by atoms with Gasteiger partial charge in [-0.05, 0) is 13.8 Å². The predicted octanol–water partition coefficient (Wildman–Crippen LogP) is 0.729. The molecule has 3 N–H and O–H groups in total. The van der Waals surface area contributed by atoms with Crippen molar-refractivity contribution in [2.75, 3.05) is 5.73 Å². The number of aromatic nitrogens is 3. The first-order valence-electron chi connectivity index (χ1n) is 5.66. The highest BCUT2D eigenvalue weighted by atomic mass is 32.2. The van der Waals surface area contributed by atoms with Crippen LogP contribution in [0.4, 0.5) is 5.82 Å². The number of nitrogens with zero attached hydrogens (tertiary/aromatic N) is 3. The molecule has 2 heterocycles. The van der Waals surface area contributed by atoms with Gasteiger partial charge in [0.2, 0.25) is 10.0 Å². The Hall–Kier alpha value is -1.45. The minimum Gasteiger partial charge on any atom is -0.381 e. The molecule has 0 amide bonds. The van der Waals surface area contributed by atoms with Crippen LogP contribution in [0.3, 0.4) is 0 Å². The number of hydrogen-bond acceptors (Lipinski definition) is 6. The summed E-state index contributed by atoms with van der Waals surface area (Å²) in [7, 11) is -3.66. The summed E-state index contributed by atoms with van der Waals surface area (Å²) in [6.07, 6.45) is 1.42. The summed E-state index contributed by atoms with van der Waals surface area (Å²) < 4.78 is 28.1. The van der Waals surface area contributed by atoms with E-state index in [0.717, 1.165) is 5.01 Å². The lowest BCUT2D eigenvalue weighted by molar-refractivity contribution is 0.580. The highest BCUT2D eigenvalue weighted by Gasteiger charge is 2.20. The second-order valence-electron chi connectivity index (χ2n) is 3.92. The van der Waals surface area contributed by atoms with Crippen LogP contribution in [-0.4, -0.2) is 23.2 Å². The molecule has 0 aliphatic heterocycles. The van der Waals surface area contributed by atoms with Crippen molar-refractivity contribution in [3.8, 4) is 0 Å². The van der Waals surface area contributed by atoms with Crippen LogP contribution in [0.15, 0.2) is 16.5 Å². The molecule has 7 nitrogen and oxygen atoms in total. The van der Waals surface area contributed by atoms with Gasteiger partial charge in [-0.3, -0.25) is 4.68 Å². The van der Waals surface area contributed by atoms with E-state index < -0.39 is 10.0 Å². The molecule has 0 spiro atoms. The molecule has 0 saturated carbocycles. The lowest BCUT2D eigenvalue weighted by atomic mass is 10.5. The molecule has 2 rings (SSSR count). The van der Waals surface area contributed by atoms with Gasteiger partial charge in [0.1, 0.15) is 4.90 Å². The summed E-state index contributed by atoms with van der Waals surface area (Å²) in [5.41, 5.74) is 6.30. The molecule has 0 aliphatic carbocycles. The molecule has 0 fully saturated rings. The topological polar surface area (TPSA) is 103 Å². The summed E-state index contributed by atoms with van der Waals surface area (Å²) in [5, 5.41) is 6.63. The summed E-state index contributed by atoms with van der Waals surface area (Å²) in [5.74, 6) is 0.00353. The Morgan fingerprint density at radius 3 is 2.79 bits per heavy atom. The van der Waals surface area contributed by atoms with Gasteiger partial charge in [0, 0.05) is 18.1 Å². The van der Waals surface area contributed by atoms with Gasteiger partial charge >= 0.3 is 0 Å². The first-order valence-corrected chi connectivity index (χ1v) is 8.02. The maximum Gasteiger partial charge on any atom is 0.246 e. The molecule has 2 aromatic rings. The molecule has 19 heavy (non-hydrogen) atoms. The average molecular weight is 301 g/mol. The number of rotatable bonds is 5. The van der Waals surface area contributed by atoms with E-state index in [9.17, 15) is 8.42 Å². The lowest BCUT2D eigenvalue weighted by Crippen LogP contribution is -2.23. The number of thiazole rings is 1. The van der Waals surface area contributed by atoms with E-state index in [4.69, 9.17) is 5.73 Å². The zero-order chi connectivity index (χ0) is 14.0. The van der Waals surface area contributed by atoms with E-state index in [2.05, 4.69) is 14.8 Å². The normalized spacial score (nSPS) is 11.9. The Kier molecular flexibility index (Phi) is 3.88. The largest absolute Gasteiger partial charge is 0.381 e. The molecular weight excluding hydrogens is 286 g/mol. The third-order valence-corrected chi connectivity index (χ3v) is 4.72. The zero-order valence-electron chi connectivity index (χ0n) is 10.6. The molecule has 0 aromatic carbocycles. The lowest BCUT2D eigenvalue weighted by Gasteiger charge is -2.03. The van der Waals surface area contributed by atoms with Gasteiger partial charge in [0.25, 0.3) is 0 Å². The Bertz CT molecular complexity index is 674. The van der Waals surface area contributed by atoms with Crippen molar-refractivity contribution in [1.82, 2.24) is 19.5 Å². The van der Waals surface area contributed by atoms with E-state index in [0.29, 0.717) is 12.2 Å². The second kappa shape index (κ2) is 5.27. The fourth-order valence-corrected chi connectivity index (χ4v) is 3.21. The summed E-state index contributed by atoms with van der Waals surface area (Å²) >= 11 is 1.47. The van der Waals surface area contributed by atoms with E-state index in [1.165, 1.54) is 22.2 Å². The van der Waals surface area contributed by atoms with Gasteiger partial charge < -0.3 is 5.73 Å². The number of nitrogens with one attached hydrogen (secondary N) is 1. The summed E-state index contributed by atoms with van der Waals surface area (Å²) in [6, 6.07) is 0. The summed E-state index contributed by atoms with van der Waals surface area (Å²) in [6.45, 7) is 4.43. The molecule has 0 saturated heterocycles. The zero-order valence-corrected chi connectivity index (χ0v) is 12.3. The smallest absolute Gasteiger partial charge is 0.246 e. The summed E-state index contributed by atoms with van der Waals surface area (Å²) in [4.78, 5) is 4.19. The molecule has 0 aliphatic rings. The molecule has 0 atom stereocenters. The molecule has 0 bridgehead atoms. The third-order valence-electron chi connectivity index (χ3n) is 2.48. The fraction of sp³-hybridized carbons (Fsp3) is 0.400. The number of sulfonamides is 1. The molecular formula is C10H15N5O2S2. The number of nitrogen functional groups attached to an aromatic ring is 1. The Balaban J connectivity index is 2.15. The van der Waals surface area contributed by atoms with Crippen molar-refractivity contribution in [2.24, 2.45) is 0 Å². The highest BCUT2D eigenvalue weighted by molar-refractivity contribution is 7.89. The van der Waals surface area contributed by atoms with E-state index in [1.54, 1.807) is 0 Å². The maximum absolute atomic E-state index is 12.1. The van der Waals surface area contributed by atoms with Crippen LogP contribution in [0.1, 0.15) is 17.6 Å². The number of hydrogen-bond donors (Lipinski definition) is 2. The number of nitrogens with two attached hydrogens (primary N) is 1. The van der Waals surface area contributed by atoms with Gasteiger partial charge in [0.15, 0.2) is 5.82 Å². The molecule has 9 heteroatoms. The molecule has 0 radical (unpaired) electrons. The second-order valence-corrected chi connectivity index (χ2v) is 6.71. The Labute approximate surface area is 115 Å². The van der Waals surface area contributed by atoms with Crippen molar-refractivity contribution < 1.29 is 8.42 Å². The van der Waals surface area contributed by atoms with E-state index in [-0.39, 0.29) is 17.3 Å². The van der Waals surface area contributed by atoms with E-state index in [1.807, 2.05) is 19.2 Å². The van der Waals surface area contributed by atoms with Crippen molar-refractivity contribution in [1.29, 1.82) is 0 Å². The van der Waals surface area contributed by atoms with Crippen molar-refractivity contribution >= 4 is 27.2 Å².